The fourth-order valence-electron chi connectivity index (χ4n) is 4.63. The van der Waals surface area contributed by atoms with Gasteiger partial charge in [-0.05, 0) is 37.9 Å². The van der Waals surface area contributed by atoms with E-state index in [-0.39, 0.29) is 23.7 Å². The van der Waals surface area contributed by atoms with Crippen molar-refractivity contribution in [1.29, 1.82) is 0 Å². The topological polar surface area (TPSA) is 66.5 Å². The van der Waals surface area contributed by atoms with Gasteiger partial charge in [-0.2, -0.15) is 0 Å². The van der Waals surface area contributed by atoms with Crippen LogP contribution in [-0.4, -0.2) is 41.8 Å². The number of piperidine rings is 1. The molecule has 7 heteroatoms. The maximum absolute atomic E-state index is 12.7. The number of nitrogens with zero attached hydrogens (tertiary/aromatic N) is 2. The van der Waals surface area contributed by atoms with Crippen molar-refractivity contribution in [1.82, 2.24) is 15.6 Å². The molecule has 0 bridgehead atoms. The van der Waals surface area contributed by atoms with Crippen LogP contribution in [0.15, 0.2) is 12.1 Å². The highest BCUT2D eigenvalue weighted by atomic mass is 32.1. The molecule has 2 amide bonds. The fraction of sp³-hybridized carbons (Fsp3) is 0.529. The number of benzene rings is 1. The number of nitrogens with one attached hydrogen (secondary N) is 2. The number of carbonyl (C=O) groups is 1. The number of rotatable bonds is 1. The summed E-state index contributed by atoms with van der Waals surface area (Å²) in [4.78, 5) is 19.5. The molecular formula is C17H18N4O2S. The van der Waals surface area contributed by atoms with Crippen LogP contribution >= 0.6 is 11.3 Å². The van der Waals surface area contributed by atoms with Gasteiger partial charge in [0.15, 0.2) is 5.13 Å². The summed E-state index contributed by atoms with van der Waals surface area (Å²) in [6, 6.07) is 4.53. The molecule has 1 aromatic heterocycles. The zero-order valence-electron chi connectivity index (χ0n) is 13.2. The molecule has 0 radical (unpaired) electrons. The molecule has 2 saturated heterocycles. The Morgan fingerprint density at radius 3 is 3.17 bits per heavy atom. The molecule has 124 valence electrons. The lowest BCUT2D eigenvalue weighted by Gasteiger charge is -2.37. The molecule has 6 nitrogen and oxygen atoms in total. The first-order valence-electron chi connectivity index (χ1n) is 8.65. The van der Waals surface area contributed by atoms with Crippen molar-refractivity contribution in [2.75, 3.05) is 18.1 Å². The second-order valence-corrected chi connectivity index (χ2v) is 8.24. The van der Waals surface area contributed by atoms with E-state index in [1.54, 1.807) is 11.3 Å². The van der Waals surface area contributed by atoms with Gasteiger partial charge in [0.2, 0.25) is 0 Å². The van der Waals surface area contributed by atoms with Gasteiger partial charge in [0, 0.05) is 17.5 Å². The second-order valence-electron chi connectivity index (χ2n) is 7.23. The molecule has 4 heterocycles. The summed E-state index contributed by atoms with van der Waals surface area (Å²) >= 11 is 1.62. The summed E-state index contributed by atoms with van der Waals surface area (Å²) < 4.78 is 6.79. The van der Waals surface area contributed by atoms with Crippen molar-refractivity contribution in [2.45, 2.75) is 43.3 Å². The fourth-order valence-corrected chi connectivity index (χ4v) is 5.66. The van der Waals surface area contributed by atoms with Gasteiger partial charge < -0.3 is 15.4 Å². The normalized spacial score (nSPS) is 29.5. The minimum atomic E-state index is 0.00641. The SMILES string of the molecule is O=C1N[C@@H]2CCNC3(CC3)[C@H]2N1c1nc2c3c(ccc2s1)OCC3. The summed E-state index contributed by atoms with van der Waals surface area (Å²) in [5.41, 5.74) is 2.30. The van der Waals surface area contributed by atoms with Crippen molar-refractivity contribution in [3.05, 3.63) is 17.7 Å². The number of aromatic nitrogens is 1. The lowest BCUT2D eigenvalue weighted by Crippen LogP contribution is -2.59. The largest absolute Gasteiger partial charge is 0.493 e. The Balaban J connectivity index is 1.48. The van der Waals surface area contributed by atoms with E-state index in [1.165, 1.54) is 5.56 Å². The third-order valence-electron chi connectivity index (χ3n) is 5.90. The van der Waals surface area contributed by atoms with Gasteiger partial charge in [-0.3, -0.25) is 4.90 Å². The minimum Gasteiger partial charge on any atom is -0.493 e. The molecule has 3 fully saturated rings. The Morgan fingerprint density at radius 1 is 1.38 bits per heavy atom. The van der Waals surface area contributed by atoms with Gasteiger partial charge in [0.1, 0.15) is 5.75 Å². The number of urea groups is 1. The Labute approximate surface area is 143 Å². The molecule has 4 aliphatic rings. The van der Waals surface area contributed by atoms with Crippen LogP contribution in [0.25, 0.3) is 10.2 Å². The van der Waals surface area contributed by atoms with Crippen LogP contribution in [0.2, 0.25) is 0 Å². The van der Waals surface area contributed by atoms with E-state index < -0.39 is 0 Å². The number of amides is 2. The summed E-state index contributed by atoms with van der Waals surface area (Å²) in [5, 5.41) is 7.67. The first-order valence-corrected chi connectivity index (χ1v) is 9.47. The van der Waals surface area contributed by atoms with Crippen LogP contribution in [0.1, 0.15) is 24.8 Å². The van der Waals surface area contributed by atoms with Crippen LogP contribution in [0.3, 0.4) is 0 Å². The first kappa shape index (κ1) is 13.4. The molecule has 0 unspecified atom stereocenters. The van der Waals surface area contributed by atoms with E-state index >= 15 is 0 Å². The van der Waals surface area contributed by atoms with Crippen molar-refractivity contribution in [3.8, 4) is 5.75 Å². The number of ether oxygens (including phenoxy) is 1. The average Bonchev–Trinajstić information content (AvgIpc) is 2.94. The predicted octanol–water partition coefficient (Wildman–Crippen LogP) is 2.02. The quantitative estimate of drug-likeness (QED) is 0.832. The lowest BCUT2D eigenvalue weighted by atomic mass is 9.91. The van der Waals surface area contributed by atoms with Crippen LogP contribution in [0.5, 0.6) is 5.75 Å². The molecule has 24 heavy (non-hydrogen) atoms. The van der Waals surface area contributed by atoms with E-state index in [4.69, 9.17) is 9.72 Å². The van der Waals surface area contributed by atoms with Gasteiger partial charge in [0.05, 0.1) is 28.9 Å². The van der Waals surface area contributed by atoms with E-state index in [0.29, 0.717) is 0 Å². The molecule has 2 aromatic rings. The standard InChI is InChI=1S/C17H18N4O2S/c22-15-19-10-3-7-18-17(5-6-17)14(10)21(15)16-20-13-9-4-8-23-11(9)1-2-12(13)24-16/h1-2,10,14,18H,3-8H2,(H,19,22)/t10-,14+/m1/s1. The van der Waals surface area contributed by atoms with Gasteiger partial charge in [0.25, 0.3) is 0 Å². The maximum Gasteiger partial charge on any atom is 0.324 e. The summed E-state index contributed by atoms with van der Waals surface area (Å²) in [7, 11) is 0. The zero-order chi connectivity index (χ0) is 15.9. The smallest absolute Gasteiger partial charge is 0.324 e. The minimum absolute atomic E-state index is 0.00641. The third kappa shape index (κ3) is 1.64. The number of hydrogen-bond acceptors (Lipinski definition) is 5. The van der Waals surface area contributed by atoms with E-state index in [1.807, 2.05) is 11.0 Å². The van der Waals surface area contributed by atoms with Gasteiger partial charge in [-0.15, -0.1) is 0 Å². The molecule has 2 atom stereocenters. The molecular weight excluding hydrogens is 324 g/mol. The van der Waals surface area contributed by atoms with Gasteiger partial charge in [-0.25, -0.2) is 9.78 Å². The second kappa shape index (κ2) is 4.40. The number of thiazole rings is 1. The van der Waals surface area contributed by atoms with Crippen molar-refractivity contribution >= 4 is 32.7 Å². The molecule has 2 N–H and O–H groups in total. The van der Waals surface area contributed by atoms with Crippen LogP contribution in [0.4, 0.5) is 9.93 Å². The monoisotopic (exact) mass is 342 g/mol. The van der Waals surface area contributed by atoms with E-state index in [2.05, 4.69) is 16.7 Å². The van der Waals surface area contributed by atoms with Crippen LogP contribution in [0, 0.1) is 0 Å². The average molecular weight is 342 g/mol. The number of carbonyl (C=O) groups excluding carboxylic acids is 1. The van der Waals surface area contributed by atoms with Crippen molar-refractivity contribution in [2.24, 2.45) is 0 Å². The Kier molecular flexibility index (Phi) is 2.46. The van der Waals surface area contributed by atoms with Crippen molar-refractivity contribution < 1.29 is 9.53 Å². The molecule has 1 spiro atoms. The molecule has 1 aromatic carbocycles. The summed E-state index contributed by atoms with van der Waals surface area (Å²) in [6.07, 6.45) is 4.18. The summed E-state index contributed by atoms with van der Waals surface area (Å²) in [6.45, 7) is 1.71. The van der Waals surface area contributed by atoms with Gasteiger partial charge >= 0.3 is 6.03 Å². The number of anilines is 1. The number of hydrogen-bond donors (Lipinski definition) is 2. The number of fused-ring (bicyclic) bond motifs is 5. The van der Waals surface area contributed by atoms with E-state index in [9.17, 15) is 4.79 Å². The van der Waals surface area contributed by atoms with E-state index in [0.717, 1.165) is 59.9 Å². The highest BCUT2D eigenvalue weighted by Crippen LogP contribution is 2.49. The molecule has 1 aliphatic carbocycles. The Morgan fingerprint density at radius 2 is 2.29 bits per heavy atom. The van der Waals surface area contributed by atoms with Crippen LogP contribution < -0.4 is 20.3 Å². The molecule has 6 rings (SSSR count). The molecule has 3 aliphatic heterocycles. The first-order chi connectivity index (χ1) is 11.8. The lowest BCUT2D eigenvalue weighted by molar-refractivity contribution is 0.250. The van der Waals surface area contributed by atoms with Gasteiger partial charge in [-0.1, -0.05) is 11.3 Å². The third-order valence-corrected chi connectivity index (χ3v) is 6.92. The molecule has 1 saturated carbocycles. The Bertz CT molecular complexity index is 875. The predicted molar refractivity (Wildman–Crippen MR) is 92.0 cm³/mol. The maximum atomic E-state index is 12.7. The Hall–Kier alpha value is -1.86. The highest BCUT2D eigenvalue weighted by Gasteiger charge is 2.61. The zero-order valence-corrected chi connectivity index (χ0v) is 14.0. The highest BCUT2D eigenvalue weighted by molar-refractivity contribution is 7.22. The van der Waals surface area contributed by atoms with Crippen molar-refractivity contribution in [3.63, 3.8) is 0 Å². The summed E-state index contributed by atoms with van der Waals surface area (Å²) in [5.74, 6) is 0.945. The van der Waals surface area contributed by atoms with Crippen LogP contribution in [-0.2, 0) is 6.42 Å².